The van der Waals surface area contributed by atoms with Gasteiger partial charge in [-0.3, -0.25) is 4.79 Å². The minimum Gasteiger partial charge on any atom is -0.450 e. The van der Waals surface area contributed by atoms with E-state index in [1.165, 1.54) is 4.52 Å². The maximum atomic E-state index is 11.9. The largest absolute Gasteiger partial charge is 0.450 e. The average molecular weight is 311 g/mol. The number of nitrogens with one attached hydrogen (secondary N) is 1. The zero-order valence-electron chi connectivity index (χ0n) is 12.3. The minimum atomic E-state index is -0.780. The Morgan fingerprint density at radius 2 is 2.00 bits per heavy atom. The number of anilines is 1. The van der Waals surface area contributed by atoms with Crippen LogP contribution in [0.25, 0.3) is 5.78 Å². The summed E-state index contributed by atoms with van der Waals surface area (Å²) >= 11 is 0. The Labute approximate surface area is 131 Å². The van der Waals surface area contributed by atoms with Crippen LogP contribution in [0.2, 0.25) is 0 Å². The molecule has 23 heavy (non-hydrogen) atoms. The molecule has 0 atom stereocenters. The Hall–Kier alpha value is -3.29. The fraction of sp³-hybridized carbons (Fsp3) is 0.133. The normalized spacial score (nSPS) is 10.5. The number of carbonyl (C=O) groups is 2. The lowest BCUT2D eigenvalue weighted by molar-refractivity contribution is -0.119. The maximum Gasteiger partial charge on any atom is 0.378 e. The molecule has 8 nitrogen and oxygen atoms in total. The molecule has 0 aliphatic rings. The van der Waals surface area contributed by atoms with Crippen molar-refractivity contribution in [1.82, 2.24) is 19.6 Å². The molecule has 0 aliphatic heterocycles. The van der Waals surface area contributed by atoms with Crippen LogP contribution >= 0.6 is 0 Å². The Kier molecular flexibility index (Phi) is 3.96. The molecule has 0 aliphatic carbocycles. The van der Waals surface area contributed by atoms with Crippen molar-refractivity contribution in [2.24, 2.45) is 0 Å². The van der Waals surface area contributed by atoms with E-state index >= 15 is 0 Å². The summed E-state index contributed by atoms with van der Waals surface area (Å²) < 4.78 is 6.35. The van der Waals surface area contributed by atoms with Gasteiger partial charge in [0.25, 0.3) is 17.5 Å². The molecule has 8 heteroatoms. The van der Waals surface area contributed by atoms with Crippen molar-refractivity contribution in [1.29, 1.82) is 0 Å². The van der Waals surface area contributed by atoms with Gasteiger partial charge in [-0.15, -0.1) is 5.10 Å². The summed E-state index contributed by atoms with van der Waals surface area (Å²) in [6, 6.07) is 10.6. The standard InChI is InChI=1S/C15H13N5O3/c1-10-7-8-16-15-18-13(19-20(10)15)14(22)23-9-12(21)17-11-5-3-2-4-6-11/h2-8H,9H2,1H3,(H,17,21). The highest BCUT2D eigenvalue weighted by molar-refractivity contribution is 5.94. The lowest BCUT2D eigenvalue weighted by Gasteiger charge is -2.04. The first-order valence-corrected chi connectivity index (χ1v) is 6.84. The number of carbonyl (C=O) groups excluding carboxylic acids is 2. The van der Waals surface area contributed by atoms with Gasteiger partial charge in [-0.2, -0.15) is 4.98 Å². The lowest BCUT2D eigenvalue weighted by Crippen LogP contribution is -2.21. The summed E-state index contributed by atoms with van der Waals surface area (Å²) in [6.07, 6.45) is 1.57. The molecule has 3 rings (SSSR count). The molecule has 0 fully saturated rings. The van der Waals surface area contributed by atoms with E-state index in [2.05, 4.69) is 20.4 Å². The first kappa shape index (κ1) is 14.6. The van der Waals surface area contributed by atoms with Crippen LogP contribution in [-0.2, 0) is 9.53 Å². The second-order valence-electron chi connectivity index (χ2n) is 4.72. The molecular weight excluding hydrogens is 298 g/mol. The van der Waals surface area contributed by atoms with Crippen LogP contribution in [0.4, 0.5) is 5.69 Å². The number of fused-ring (bicyclic) bond motifs is 1. The number of hydrogen-bond acceptors (Lipinski definition) is 6. The van der Waals surface area contributed by atoms with Crippen molar-refractivity contribution >= 4 is 23.3 Å². The number of amides is 1. The smallest absolute Gasteiger partial charge is 0.378 e. The number of aryl methyl sites for hydroxylation is 1. The summed E-state index contributed by atoms with van der Waals surface area (Å²) in [5.41, 5.74) is 1.41. The van der Waals surface area contributed by atoms with Gasteiger partial charge in [0, 0.05) is 17.6 Å². The summed E-state index contributed by atoms with van der Waals surface area (Å²) in [5.74, 6) is -1.06. The highest BCUT2D eigenvalue weighted by atomic mass is 16.5. The molecule has 0 bridgehead atoms. The molecule has 0 radical (unpaired) electrons. The van der Waals surface area contributed by atoms with Crippen LogP contribution in [0.5, 0.6) is 0 Å². The molecule has 2 aromatic heterocycles. The Morgan fingerprint density at radius 1 is 1.22 bits per heavy atom. The molecule has 0 unspecified atom stereocenters. The number of esters is 1. The van der Waals surface area contributed by atoms with E-state index in [1.807, 2.05) is 13.0 Å². The number of ether oxygens (including phenoxy) is 1. The van der Waals surface area contributed by atoms with Crippen molar-refractivity contribution in [2.45, 2.75) is 6.92 Å². The van der Waals surface area contributed by atoms with Crippen molar-refractivity contribution in [2.75, 3.05) is 11.9 Å². The molecule has 1 aromatic carbocycles. The number of aromatic nitrogens is 4. The second-order valence-corrected chi connectivity index (χ2v) is 4.72. The van der Waals surface area contributed by atoms with Gasteiger partial charge in [-0.05, 0) is 25.1 Å². The minimum absolute atomic E-state index is 0.140. The van der Waals surface area contributed by atoms with E-state index < -0.39 is 18.5 Å². The van der Waals surface area contributed by atoms with Crippen LogP contribution in [0, 0.1) is 6.92 Å². The topological polar surface area (TPSA) is 98.5 Å². The van der Waals surface area contributed by atoms with Gasteiger partial charge >= 0.3 is 5.97 Å². The van der Waals surface area contributed by atoms with E-state index in [4.69, 9.17) is 4.74 Å². The monoisotopic (exact) mass is 311 g/mol. The highest BCUT2D eigenvalue weighted by Crippen LogP contribution is 2.05. The third kappa shape index (κ3) is 3.31. The molecule has 0 saturated carbocycles. The number of hydrogen-bond donors (Lipinski definition) is 1. The van der Waals surface area contributed by atoms with Gasteiger partial charge in [0.1, 0.15) is 0 Å². The second kappa shape index (κ2) is 6.22. The SMILES string of the molecule is Cc1ccnc2nc(C(=O)OCC(=O)Nc3ccccc3)nn12. The Bertz CT molecular complexity index is 860. The van der Waals surface area contributed by atoms with Gasteiger partial charge in [0.2, 0.25) is 0 Å². The summed E-state index contributed by atoms with van der Waals surface area (Å²) in [6.45, 7) is 1.39. The van der Waals surface area contributed by atoms with Gasteiger partial charge in [-0.1, -0.05) is 18.2 Å². The quantitative estimate of drug-likeness (QED) is 0.728. The lowest BCUT2D eigenvalue weighted by atomic mass is 10.3. The molecule has 2 heterocycles. The third-order valence-corrected chi connectivity index (χ3v) is 3.00. The van der Waals surface area contributed by atoms with Crippen LogP contribution in [-0.4, -0.2) is 38.1 Å². The van der Waals surface area contributed by atoms with Gasteiger partial charge in [-0.25, -0.2) is 14.3 Å². The van der Waals surface area contributed by atoms with Crippen molar-refractivity contribution in [3.63, 3.8) is 0 Å². The molecular formula is C15H13N5O3. The van der Waals surface area contributed by atoms with E-state index in [-0.39, 0.29) is 5.82 Å². The van der Waals surface area contributed by atoms with E-state index in [0.717, 1.165) is 5.69 Å². The Balaban J connectivity index is 1.62. The van der Waals surface area contributed by atoms with Gasteiger partial charge in [0.15, 0.2) is 6.61 Å². The van der Waals surface area contributed by atoms with Crippen molar-refractivity contribution in [3.8, 4) is 0 Å². The van der Waals surface area contributed by atoms with Crippen molar-refractivity contribution in [3.05, 3.63) is 54.1 Å². The van der Waals surface area contributed by atoms with E-state index in [1.54, 1.807) is 36.5 Å². The van der Waals surface area contributed by atoms with Gasteiger partial charge in [0.05, 0.1) is 0 Å². The number of para-hydroxylation sites is 1. The highest BCUT2D eigenvalue weighted by Gasteiger charge is 2.17. The Morgan fingerprint density at radius 3 is 2.74 bits per heavy atom. The molecule has 1 amide bonds. The third-order valence-electron chi connectivity index (χ3n) is 3.00. The van der Waals surface area contributed by atoms with Crippen molar-refractivity contribution < 1.29 is 14.3 Å². The van der Waals surface area contributed by atoms with E-state index in [0.29, 0.717) is 11.5 Å². The molecule has 3 aromatic rings. The predicted octanol–water partition coefficient (Wildman–Crippen LogP) is 1.23. The first-order chi connectivity index (χ1) is 11.1. The summed E-state index contributed by atoms with van der Waals surface area (Å²) in [5, 5.41) is 6.62. The zero-order valence-corrected chi connectivity index (χ0v) is 12.3. The molecule has 0 saturated heterocycles. The van der Waals surface area contributed by atoms with Crippen LogP contribution in [0.3, 0.4) is 0 Å². The maximum absolute atomic E-state index is 11.9. The molecule has 0 spiro atoms. The van der Waals surface area contributed by atoms with Gasteiger partial charge < -0.3 is 10.1 Å². The summed E-state index contributed by atoms with van der Waals surface area (Å²) in [7, 11) is 0. The average Bonchev–Trinajstić information content (AvgIpc) is 2.99. The van der Waals surface area contributed by atoms with Crippen LogP contribution in [0.1, 0.15) is 16.3 Å². The van der Waals surface area contributed by atoms with Crippen LogP contribution < -0.4 is 5.32 Å². The van der Waals surface area contributed by atoms with E-state index in [9.17, 15) is 9.59 Å². The first-order valence-electron chi connectivity index (χ1n) is 6.84. The predicted molar refractivity (Wildman–Crippen MR) is 80.9 cm³/mol. The fourth-order valence-corrected chi connectivity index (χ4v) is 1.91. The molecule has 116 valence electrons. The number of benzene rings is 1. The molecule has 1 N–H and O–H groups in total. The zero-order chi connectivity index (χ0) is 16.2. The van der Waals surface area contributed by atoms with Crippen LogP contribution in [0.15, 0.2) is 42.6 Å². The fourth-order valence-electron chi connectivity index (χ4n) is 1.91. The summed E-state index contributed by atoms with van der Waals surface area (Å²) in [4.78, 5) is 31.6. The number of rotatable bonds is 4. The number of nitrogens with zero attached hydrogens (tertiary/aromatic N) is 4.